The number of hydrogen-bond donors (Lipinski definition) is 1. The molecule has 0 fully saturated rings. The highest BCUT2D eigenvalue weighted by molar-refractivity contribution is 7.13. The van der Waals surface area contributed by atoms with Crippen molar-refractivity contribution >= 4 is 28.8 Å². The van der Waals surface area contributed by atoms with Gasteiger partial charge in [-0.1, -0.05) is 66.2 Å². The highest BCUT2D eigenvalue weighted by Gasteiger charge is 2.10. The molecule has 0 spiro atoms. The molecule has 1 heterocycles. The molecule has 1 amide bonds. The van der Waals surface area contributed by atoms with Crippen molar-refractivity contribution in [1.82, 2.24) is 10.3 Å². The number of methoxy groups -OCH3 is 1. The maximum absolute atomic E-state index is 12.4. The van der Waals surface area contributed by atoms with Gasteiger partial charge in [-0.2, -0.15) is 0 Å². The number of amides is 1. The number of nitrogens with one attached hydrogen (secondary N) is 1. The first-order valence-electron chi connectivity index (χ1n) is 9.36. The Balaban J connectivity index is 1.40. The first-order chi connectivity index (χ1) is 14.6. The Hall–Kier alpha value is -3.15. The fourth-order valence-electron chi connectivity index (χ4n) is 3.01. The van der Waals surface area contributed by atoms with Gasteiger partial charge in [-0.15, -0.1) is 11.3 Å². The SMILES string of the molecule is COc1ccc(C(=O)NCc2ccc(-c3csc(-c4ccccc4)n3)cc2)cc1Cl. The lowest BCUT2D eigenvalue weighted by molar-refractivity contribution is 0.0951. The topological polar surface area (TPSA) is 51.2 Å². The number of benzene rings is 3. The van der Waals surface area contributed by atoms with E-state index in [4.69, 9.17) is 21.3 Å². The maximum Gasteiger partial charge on any atom is 0.251 e. The molecule has 0 saturated heterocycles. The van der Waals surface area contributed by atoms with Crippen LogP contribution in [0.5, 0.6) is 5.75 Å². The van der Waals surface area contributed by atoms with Crippen molar-refractivity contribution in [2.45, 2.75) is 6.54 Å². The van der Waals surface area contributed by atoms with Gasteiger partial charge in [0.15, 0.2) is 0 Å². The van der Waals surface area contributed by atoms with Crippen LogP contribution in [0, 0.1) is 0 Å². The Kier molecular flexibility index (Phi) is 6.12. The molecular formula is C24H19ClN2O2S. The summed E-state index contributed by atoms with van der Waals surface area (Å²) in [5, 5.41) is 6.38. The van der Waals surface area contributed by atoms with Crippen molar-refractivity contribution < 1.29 is 9.53 Å². The van der Waals surface area contributed by atoms with E-state index in [1.54, 1.807) is 36.6 Å². The minimum atomic E-state index is -0.185. The number of carbonyl (C=O) groups excluding carboxylic acids is 1. The minimum Gasteiger partial charge on any atom is -0.495 e. The summed E-state index contributed by atoms with van der Waals surface area (Å²) in [4.78, 5) is 17.1. The average Bonchev–Trinajstić information content (AvgIpc) is 3.29. The Morgan fingerprint density at radius 1 is 1.03 bits per heavy atom. The Morgan fingerprint density at radius 2 is 1.80 bits per heavy atom. The molecule has 0 radical (unpaired) electrons. The number of hydrogen-bond acceptors (Lipinski definition) is 4. The summed E-state index contributed by atoms with van der Waals surface area (Å²) in [7, 11) is 1.54. The lowest BCUT2D eigenvalue weighted by Gasteiger charge is -2.08. The number of carbonyl (C=O) groups is 1. The van der Waals surface area contributed by atoms with Gasteiger partial charge in [0, 0.05) is 28.6 Å². The molecule has 4 aromatic rings. The summed E-state index contributed by atoms with van der Waals surface area (Å²) >= 11 is 7.73. The molecular weight excluding hydrogens is 416 g/mol. The van der Waals surface area contributed by atoms with Crippen LogP contribution < -0.4 is 10.1 Å². The molecule has 6 heteroatoms. The highest BCUT2D eigenvalue weighted by Crippen LogP contribution is 2.29. The molecule has 0 saturated carbocycles. The molecule has 3 aromatic carbocycles. The van der Waals surface area contributed by atoms with Crippen LogP contribution in [0.3, 0.4) is 0 Å². The van der Waals surface area contributed by atoms with Gasteiger partial charge in [0.1, 0.15) is 10.8 Å². The molecule has 30 heavy (non-hydrogen) atoms. The number of nitrogens with zero attached hydrogens (tertiary/aromatic N) is 1. The maximum atomic E-state index is 12.4. The van der Waals surface area contributed by atoms with Crippen molar-refractivity contribution in [2.24, 2.45) is 0 Å². The first kappa shape index (κ1) is 20.1. The Labute approximate surface area is 184 Å². The molecule has 4 rings (SSSR count). The summed E-state index contributed by atoms with van der Waals surface area (Å²) in [5.41, 5.74) is 4.61. The van der Waals surface area contributed by atoms with Crippen molar-refractivity contribution in [1.29, 1.82) is 0 Å². The van der Waals surface area contributed by atoms with Gasteiger partial charge in [0.25, 0.3) is 5.91 Å². The van der Waals surface area contributed by atoms with Crippen LogP contribution >= 0.6 is 22.9 Å². The normalized spacial score (nSPS) is 10.6. The summed E-state index contributed by atoms with van der Waals surface area (Å²) in [6, 6.07) is 23.2. The van der Waals surface area contributed by atoms with Crippen LogP contribution in [0.1, 0.15) is 15.9 Å². The molecule has 1 aromatic heterocycles. The van der Waals surface area contributed by atoms with Crippen molar-refractivity contribution in [3.63, 3.8) is 0 Å². The second-order valence-electron chi connectivity index (χ2n) is 6.63. The van der Waals surface area contributed by atoms with E-state index in [9.17, 15) is 4.79 Å². The number of halogens is 1. The van der Waals surface area contributed by atoms with Crippen LogP contribution in [0.2, 0.25) is 5.02 Å². The lowest BCUT2D eigenvalue weighted by atomic mass is 10.1. The third-order valence-electron chi connectivity index (χ3n) is 4.64. The zero-order chi connectivity index (χ0) is 20.9. The second-order valence-corrected chi connectivity index (χ2v) is 7.90. The van der Waals surface area contributed by atoms with Gasteiger partial charge in [0.2, 0.25) is 0 Å². The quantitative estimate of drug-likeness (QED) is 0.400. The molecule has 0 bridgehead atoms. The molecule has 0 aliphatic rings. The van der Waals surface area contributed by atoms with Gasteiger partial charge in [-0.3, -0.25) is 4.79 Å². The lowest BCUT2D eigenvalue weighted by Crippen LogP contribution is -2.22. The number of rotatable bonds is 6. The van der Waals surface area contributed by atoms with Crippen LogP contribution in [-0.4, -0.2) is 18.0 Å². The van der Waals surface area contributed by atoms with E-state index < -0.39 is 0 Å². The molecule has 1 N–H and O–H groups in total. The summed E-state index contributed by atoms with van der Waals surface area (Å²) in [5.74, 6) is 0.358. The standard InChI is InChI=1S/C24H19ClN2O2S/c1-29-22-12-11-19(13-20(22)25)23(28)26-14-16-7-9-17(10-8-16)21-15-30-24(27-21)18-5-3-2-4-6-18/h2-13,15H,14H2,1H3,(H,26,28). The number of ether oxygens (including phenoxy) is 1. The molecule has 4 nitrogen and oxygen atoms in total. The van der Waals surface area contributed by atoms with E-state index in [1.807, 2.05) is 42.5 Å². The summed E-state index contributed by atoms with van der Waals surface area (Å²) in [6.45, 7) is 0.426. The van der Waals surface area contributed by atoms with E-state index in [1.165, 1.54) is 0 Å². The van der Waals surface area contributed by atoms with E-state index in [0.29, 0.717) is 22.9 Å². The van der Waals surface area contributed by atoms with Crippen molar-refractivity contribution in [3.05, 3.63) is 94.3 Å². The summed E-state index contributed by atoms with van der Waals surface area (Å²) < 4.78 is 5.12. The van der Waals surface area contributed by atoms with Crippen molar-refractivity contribution in [2.75, 3.05) is 7.11 Å². The predicted molar refractivity (Wildman–Crippen MR) is 122 cm³/mol. The van der Waals surface area contributed by atoms with Gasteiger partial charge in [-0.05, 0) is 23.8 Å². The summed E-state index contributed by atoms with van der Waals surface area (Å²) in [6.07, 6.45) is 0. The van der Waals surface area contributed by atoms with E-state index in [-0.39, 0.29) is 5.91 Å². The molecule has 150 valence electrons. The molecule has 0 aliphatic carbocycles. The van der Waals surface area contributed by atoms with Crippen LogP contribution in [0.15, 0.2) is 78.2 Å². The second kappa shape index (κ2) is 9.11. The first-order valence-corrected chi connectivity index (χ1v) is 10.6. The third-order valence-corrected chi connectivity index (χ3v) is 5.83. The smallest absolute Gasteiger partial charge is 0.251 e. The van der Waals surface area contributed by atoms with Crippen LogP contribution in [-0.2, 0) is 6.54 Å². The van der Waals surface area contributed by atoms with Crippen LogP contribution in [0.4, 0.5) is 0 Å². The van der Waals surface area contributed by atoms with Gasteiger partial charge in [0.05, 0.1) is 17.8 Å². The largest absolute Gasteiger partial charge is 0.495 e. The van der Waals surface area contributed by atoms with E-state index >= 15 is 0 Å². The van der Waals surface area contributed by atoms with E-state index in [2.05, 4.69) is 22.8 Å². The third kappa shape index (κ3) is 4.53. The van der Waals surface area contributed by atoms with E-state index in [0.717, 1.165) is 27.4 Å². The average molecular weight is 435 g/mol. The molecule has 0 atom stereocenters. The fourth-order valence-corrected chi connectivity index (χ4v) is 4.10. The minimum absolute atomic E-state index is 0.185. The monoisotopic (exact) mass is 434 g/mol. The Bertz CT molecular complexity index is 1160. The van der Waals surface area contributed by atoms with Gasteiger partial charge >= 0.3 is 0 Å². The van der Waals surface area contributed by atoms with Gasteiger partial charge < -0.3 is 10.1 Å². The van der Waals surface area contributed by atoms with Gasteiger partial charge in [-0.25, -0.2) is 4.98 Å². The molecule has 0 aliphatic heterocycles. The number of aromatic nitrogens is 1. The Morgan fingerprint density at radius 3 is 2.50 bits per heavy atom. The zero-order valence-electron chi connectivity index (χ0n) is 16.3. The fraction of sp³-hybridized carbons (Fsp3) is 0.0833. The predicted octanol–water partition coefficient (Wildman–Crippen LogP) is 6.07. The van der Waals surface area contributed by atoms with Crippen LogP contribution in [0.25, 0.3) is 21.8 Å². The molecule has 0 unspecified atom stereocenters. The number of thiazole rings is 1. The highest BCUT2D eigenvalue weighted by atomic mass is 35.5. The van der Waals surface area contributed by atoms with Crippen molar-refractivity contribution in [3.8, 4) is 27.6 Å². The zero-order valence-corrected chi connectivity index (χ0v) is 17.8.